The highest BCUT2D eigenvalue weighted by molar-refractivity contribution is 6.04. The van der Waals surface area contributed by atoms with Gasteiger partial charge in [-0.1, -0.05) is 18.2 Å². The Labute approximate surface area is 168 Å². The lowest BCUT2D eigenvalue weighted by atomic mass is 10.2. The Morgan fingerprint density at radius 3 is 2.62 bits per heavy atom. The number of morpholine rings is 1. The third-order valence-electron chi connectivity index (χ3n) is 4.63. The Balaban J connectivity index is 1.45. The summed E-state index contributed by atoms with van der Waals surface area (Å²) in [5.41, 5.74) is 2.82. The van der Waals surface area contributed by atoms with E-state index in [0.29, 0.717) is 30.3 Å². The van der Waals surface area contributed by atoms with E-state index in [4.69, 9.17) is 4.74 Å². The summed E-state index contributed by atoms with van der Waals surface area (Å²) in [6, 6.07) is 17.2. The average Bonchev–Trinajstić information content (AvgIpc) is 2.75. The summed E-state index contributed by atoms with van der Waals surface area (Å²) in [6.45, 7) is 3.10. The second kappa shape index (κ2) is 8.70. The molecule has 1 saturated heterocycles. The topological polar surface area (TPSA) is 66.5 Å². The van der Waals surface area contributed by atoms with Crippen LogP contribution in [-0.4, -0.2) is 37.2 Å². The predicted octanol–water partition coefficient (Wildman–Crippen LogP) is 4.05. The Hall–Kier alpha value is -3.45. The number of rotatable bonds is 5. The molecule has 1 aliphatic heterocycles. The van der Waals surface area contributed by atoms with Crippen LogP contribution in [0.5, 0.6) is 0 Å². The molecule has 1 aromatic heterocycles. The number of carbonyl (C=O) groups excluding carboxylic acids is 1. The number of para-hydroxylation sites is 2. The smallest absolute Gasteiger partial charge is 0.257 e. The number of hydrogen-bond donors (Lipinski definition) is 2. The Morgan fingerprint density at radius 1 is 1.03 bits per heavy atom. The quantitative estimate of drug-likeness (QED) is 0.686. The van der Waals surface area contributed by atoms with Crippen molar-refractivity contribution < 1.29 is 13.9 Å². The van der Waals surface area contributed by atoms with Crippen molar-refractivity contribution in [3.8, 4) is 0 Å². The van der Waals surface area contributed by atoms with Crippen molar-refractivity contribution in [2.45, 2.75) is 0 Å². The monoisotopic (exact) mass is 392 g/mol. The van der Waals surface area contributed by atoms with Gasteiger partial charge in [0.1, 0.15) is 11.6 Å². The van der Waals surface area contributed by atoms with Crippen LogP contribution in [0, 0.1) is 5.82 Å². The fraction of sp³-hybridized carbons (Fsp3) is 0.182. The molecule has 0 saturated carbocycles. The van der Waals surface area contributed by atoms with E-state index in [0.717, 1.165) is 24.5 Å². The van der Waals surface area contributed by atoms with Gasteiger partial charge in [-0.25, -0.2) is 9.37 Å². The van der Waals surface area contributed by atoms with Gasteiger partial charge in [0.15, 0.2) is 0 Å². The zero-order valence-corrected chi connectivity index (χ0v) is 15.8. The molecule has 2 N–H and O–H groups in total. The Morgan fingerprint density at radius 2 is 1.86 bits per heavy atom. The number of pyridine rings is 1. The third kappa shape index (κ3) is 4.70. The summed E-state index contributed by atoms with van der Waals surface area (Å²) >= 11 is 0. The molecule has 0 atom stereocenters. The van der Waals surface area contributed by atoms with Crippen LogP contribution in [-0.2, 0) is 4.74 Å². The highest BCUT2D eigenvalue weighted by Crippen LogP contribution is 2.28. The number of anilines is 4. The van der Waals surface area contributed by atoms with Crippen LogP contribution in [0.15, 0.2) is 66.9 Å². The SMILES string of the molecule is O=C(Nc1cccc(F)c1)c1ccc(Nc2ccccc2N2CCOCC2)nc1. The van der Waals surface area contributed by atoms with Crippen LogP contribution >= 0.6 is 0 Å². The van der Waals surface area contributed by atoms with Gasteiger partial charge in [0.2, 0.25) is 0 Å². The molecular weight excluding hydrogens is 371 g/mol. The van der Waals surface area contributed by atoms with Gasteiger partial charge in [0.05, 0.1) is 30.2 Å². The molecule has 148 valence electrons. The lowest BCUT2D eigenvalue weighted by Crippen LogP contribution is -2.36. The zero-order chi connectivity index (χ0) is 20.1. The fourth-order valence-corrected chi connectivity index (χ4v) is 3.17. The molecule has 2 aromatic carbocycles. The molecule has 4 rings (SSSR count). The maximum Gasteiger partial charge on any atom is 0.257 e. The summed E-state index contributed by atoms with van der Waals surface area (Å²) in [5, 5.41) is 5.98. The van der Waals surface area contributed by atoms with Crippen molar-refractivity contribution in [1.29, 1.82) is 0 Å². The highest BCUT2D eigenvalue weighted by atomic mass is 19.1. The van der Waals surface area contributed by atoms with E-state index >= 15 is 0 Å². The molecular formula is C22H21FN4O2. The number of carbonyl (C=O) groups is 1. The Kier molecular flexibility index (Phi) is 5.67. The van der Waals surface area contributed by atoms with E-state index in [-0.39, 0.29) is 5.91 Å². The van der Waals surface area contributed by atoms with Gasteiger partial charge in [0, 0.05) is 25.0 Å². The highest BCUT2D eigenvalue weighted by Gasteiger charge is 2.15. The largest absolute Gasteiger partial charge is 0.378 e. The number of amides is 1. The van der Waals surface area contributed by atoms with Gasteiger partial charge in [-0.05, 0) is 42.5 Å². The minimum atomic E-state index is -0.403. The lowest BCUT2D eigenvalue weighted by Gasteiger charge is -2.30. The summed E-state index contributed by atoms with van der Waals surface area (Å²) in [6.07, 6.45) is 1.49. The van der Waals surface area contributed by atoms with Gasteiger partial charge in [-0.3, -0.25) is 4.79 Å². The second-order valence-electron chi connectivity index (χ2n) is 6.64. The number of aromatic nitrogens is 1. The van der Waals surface area contributed by atoms with E-state index in [9.17, 15) is 9.18 Å². The number of nitrogens with zero attached hydrogens (tertiary/aromatic N) is 2. The standard InChI is InChI=1S/C22H21FN4O2/c23-17-4-3-5-18(14-17)25-22(28)16-8-9-21(24-15-16)26-19-6-1-2-7-20(19)27-10-12-29-13-11-27/h1-9,14-15H,10-13H2,(H,24,26)(H,25,28). The normalized spacial score (nSPS) is 13.8. The summed E-state index contributed by atoms with van der Waals surface area (Å²) in [7, 11) is 0. The molecule has 3 aromatic rings. The van der Waals surface area contributed by atoms with Crippen LogP contribution in [0.25, 0.3) is 0 Å². The van der Waals surface area contributed by atoms with Crippen LogP contribution in [0.4, 0.5) is 27.3 Å². The van der Waals surface area contributed by atoms with Gasteiger partial charge < -0.3 is 20.3 Å². The first kappa shape index (κ1) is 18.9. The number of hydrogen-bond acceptors (Lipinski definition) is 5. The Bertz CT molecular complexity index is 988. The van der Waals surface area contributed by atoms with Gasteiger partial charge >= 0.3 is 0 Å². The maximum atomic E-state index is 13.3. The number of nitrogens with one attached hydrogen (secondary N) is 2. The van der Waals surface area contributed by atoms with Crippen molar-refractivity contribution in [3.63, 3.8) is 0 Å². The molecule has 0 unspecified atom stereocenters. The van der Waals surface area contributed by atoms with Crippen LogP contribution < -0.4 is 15.5 Å². The third-order valence-corrected chi connectivity index (χ3v) is 4.63. The van der Waals surface area contributed by atoms with Crippen molar-refractivity contribution in [3.05, 3.63) is 78.2 Å². The minimum absolute atomic E-state index is 0.344. The van der Waals surface area contributed by atoms with E-state index in [1.54, 1.807) is 24.3 Å². The van der Waals surface area contributed by atoms with Crippen molar-refractivity contribution in [2.75, 3.05) is 41.8 Å². The zero-order valence-electron chi connectivity index (χ0n) is 15.8. The van der Waals surface area contributed by atoms with Crippen LogP contribution in [0.1, 0.15) is 10.4 Å². The molecule has 0 aliphatic carbocycles. The van der Waals surface area contributed by atoms with Gasteiger partial charge in [-0.2, -0.15) is 0 Å². The molecule has 7 heteroatoms. The summed E-state index contributed by atoms with van der Waals surface area (Å²) < 4.78 is 18.7. The molecule has 0 bridgehead atoms. The summed E-state index contributed by atoms with van der Waals surface area (Å²) in [5.74, 6) is -0.115. The van der Waals surface area contributed by atoms with Crippen molar-refractivity contribution >= 4 is 28.8 Å². The van der Waals surface area contributed by atoms with E-state index in [1.165, 1.54) is 18.3 Å². The van der Waals surface area contributed by atoms with E-state index < -0.39 is 5.82 Å². The molecule has 1 aliphatic rings. The van der Waals surface area contributed by atoms with Crippen molar-refractivity contribution in [2.24, 2.45) is 0 Å². The van der Waals surface area contributed by atoms with Gasteiger partial charge in [0.25, 0.3) is 5.91 Å². The molecule has 6 nitrogen and oxygen atoms in total. The second-order valence-corrected chi connectivity index (χ2v) is 6.64. The molecule has 2 heterocycles. The lowest BCUT2D eigenvalue weighted by molar-refractivity contribution is 0.102. The van der Waals surface area contributed by atoms with E-state index in [2.05, 4.69) is 26.6 Å². The van der Waals surface area contributed by atoms with Gasteiger partial charge in [-0.15, -0.1) is 0 Å². The first-order valence-corrected chi connectivity index (χ1v) is 9.41. The molecule has 0 radical (unpaired) electrons. The average molecular weight is 392 g/mol. The summed E-state index contributed by atoms with van der Waals surface area (Å²) in [4.78, 5) is 19.0. The maximum absolute atomic E-state index is 13.3. The van der Waals surface area contributed by atoms with Crippen LogP contribution in [0.2, 0.25) is 0 Å². The molecule has 1 amide bonds. The fourth-order valence-electron chi connectivity index (χ4n) is 3.17. The molecule has 29 heavy (non-hydrogen) atoms. The minimum Gasteiger partial charge on any atom is -0.378 e. The molecule has 1 fully saturated rings. The van der Waals surface area contributed by atoms with Crippen molar-refractivity contribution in [1.82, 2.24) is 4.98 Å². The van der Waals surface area contributed by atoms with E-state index in [1.807, 2.05) is 18.2 Å². The number of ether oxygens (including phenoxy) is 1. The number of halogens is 1. The first-order valence-electron chi connectivity index (χ1n) is 9.41. The predicted molar refractivity (Wildman–Crippen MR) is 111 cm³/mol. The van der Waals surface area contributed by atoms with Crippen LogP contribution in [0.3, 0.4) is 0 Å². The first-order chi connectivity index (χ1) is 14.2. The number of benzene rings is 2. The molecule has 0 spiro atoms.